The van der Waals surface area contributed by atoms with Gasteiger partial charge >= 0.3 is 0 Å². The third-order valence-electron chi connectivity index (χ3n) is 4.65. The lowest BCUT2D eigenvalue weighted by molar-refractivity contribution is -0.122. The molecular formula is C24H20Cl2N2O3S. The molecule has 0 aliphatic carbocycles. The number of benzene rings is 2. The van der Waals surface area contributed by atoms with Gasteiger partial charge in [0.2, 0.25) is 0 Å². The van der Waals surface area contributed by atoms with E-state index in [0.717, 1.165) is 5.69 Å². The first-order valence-electron chi connectivity index (χ1n) is 10.0. The van der Waals surface area contributed by atoms with Crippen LogP contribution in [0.4, 0.5) is 5.69 Å². The fourth-order valence-electron chi connectivity index (χ4n) is 3.10. The van der Waals surface area contributed by atoms with E-state index in [-0.39, 0.29) is 5.91 Å². The number of hydrogen-bond acceptors (Lipinski definition) is 5. The molecule has 0 radical (unpaired) electrons. The quantitative estimate of drug-likeness (QED) is 0.269. The van der Waals surface area contributed by atoms with Crippen LogP contribution in [0.3, 0.4) is 0 Å². The van der Waals surface area contributed by atoms with Crippen LogP contribution in [-0.2, 0) is 9.53 Å². The van der Waals surface area contributed by atoms with Gasteiger partial charge in [-0.3, -0.25) is 9.69 Å². The number of rotatable bonds is 7. The van der Waals surface area contributed by atoms with Crippen LogP contribution in [0, 0.1) is 0 Å². The number of para-hydroxylation sites is 1. The standard InChI is InChI=1S/C24H20Cl2N2O3S/c1-2-30-14-13-28-23(29)21(32-24(28)27-16-7-4-3-5-8-16)15-17-11-12-20(31-17)18-9-6-10-19(25)22(18)26/h3-12,15H,2,13-14H2,1H3/b21-15+,27-24?. The first kappa shape index (κ1) is 22.7. The Morgan fingerprint density at radius 1 is 1.09 bits per heavy atom. The van der Waals surface area contributed by atoms with Gasteiger partial charge in [0.25, 0.3) is 5.91 Å². The second-order valence-corrected chi connectivity index (χ2v) is 8.59. The number of hydrogen-bond donors (Lipinski definition) is 0. The molecule has 0 saturated carbocycles. The van der Waals surface area contributed by atoms with Crippen LogP contribution in [0.5, 0.6) is 0 Å². The Bertz CT molecular complexity index is 1170. The van der Waals surface area contributed by atoms with Crippen LogP contribution in [-0.4, -0.2) is 35.7 Å². The van der Waals surface area contributed by atoms with Crippen molar-refractivity contribution in [3.05, 3.63) is 81.4 Å². The fourth-order valence-corrected chi connectivity index (χ4v) is 4.50. The first-order valence-corrected chi connectivity index (χ1v) is 11.6. The minimum Gasteiger partial charge on any atom is -0.457 e. The maximum atomic E-state index is 13.1. The van der Waals surface area contributed by atoms with Gasteiger partial charge in [-0.1, -0.05) is 47.5 Å². The van der Waals surface area contributed by atoms with Crippen molar-refractivity contribution in [2.24, 2.45) is 4.99 Å². The largest absolute Gasteiger partial charge is 0.457 e. The number of halogens is 2. The van der Waals surface area contributed by atoms with Crippen molar-refractivity contribution in [3.8, 4) is 11.3 Å². The van der Waals surface area contributed by atoms with Crippen LogP contribution in [0.25, 0.3) is 17.4 Å². The summed E-state index contributed by atoms with van der Waals surface area (Å²) in [5, 5.41) is 1.49. The number of amidine groups is 1. The number of aliphatic imine (C=N–C) groups is 1. The van der Waals surface area contributed by atoms with Crippen LogP contribution in [0.15, 0.2) is 75.0 Å². The number of carbonyl (C=O) groups is 1. The summed E-state index contributed by atoms with van der Waals surface area (Å²) in [7, 11) is 0. The van der Waals surface area contributed by atoms with Crippen molar-refractivity contribution in [3.63, 3.8) is 0 Å². The van der Waals surface area contributed by atoms with Crippen LogP contribution >= 0.6 is 35.0 Å². The number of furan rings is 1. The molecule has 164 valence electrons. The minimum absolute atomic E-state index is 0.136. The van der Waals surface area contributed by atoms with E-state index in [0.29, 0.717) is 57.0 Å². The fraction of sp³-hybridized carbons (Fsp3) is 0.167. The second-order valence-electron chi connectivity index (χ2n) is 6.80. The lowest BCUT2D eigenvalue weighted by Gasteiger charge is -2.15. The van der Waals surface area contributed by atoms with Gasteiger partial charge in [-0.15, -0.1) is 0 Å². The van der Waals surface area contributed by atoms with Gasteiger partial charge in [0.05, 0.1) is 33.8 Å². The third kappa shape index (κ3) is 5.10. The second kappa shape index (κ2) is 10.4. The van der Waals surface area contributed by atoms with Crippen molar-refractivity contribution in [2.75, 3.05) is 19.8 Å². The van der Waals surface area contributed by atoms with Gasteiger partial charge in [-0.25, -0.2) is 4.99 Å². The molecule has 2 aromatic carbocycles. The highest BCUT2D eigenvalue weighted by Gasteiger charge is 2.33. The van der Waals surface area contributed by atoms with Gasteiger partial charge in [0, 0.05) is 18.2 Å². The lowest BCUT2D eigenvalue weighted by Crippen LogP contribution is -2.32. The molecule has 2 heterocycles. The predicted octanol–water partition coefficient (Wildman–Crippen LogP) is 6.89. The molecule has 1 saturated heterocycles. The summed E-state index contributed by atoms with van der Waals surface area (Å²) in [5.74, 6) is 0.979. The van der Waals surface area contributed by atoms with Crippen LogP contribution in [0.2, 0.25) is 10.0 Å². The molecule has 1 aromatic heterocycles. The summed E-state index contributed by atoms with van der Waals surface area (Å²) in [6.07, 6.45) is 1.72. The Hall–Kier alpha value is -2.51. The van der Waals surface area contributed by atoms with E-state index >= 15 is 0 Å². The zero-order valence-electron chi connectivity index (χ0n) is 17.3. The zero-order chi connectivity index (χ0) is 22.5. The molecule has 0 spiro atoms. The molecular weight excluding hydrogens is 467 g/mol. The minimum atomic E-state index is -0.136. The predicted molar refractivity (Wildman–Crippen MR) is 131 cm³/mol. The van der Waals surface area contributed by atoms with Crippen molar-refractivity contribution in [1.82, 2.24) is 4.90 Å². The number of carbonyl (C=O) groups excluding carboxylic acids is 1. The topological polar surface area (TPSA) is 55.0 Å². The molecule has 8 heteroatoms. The van der Waals surface area contributed by atoms with Crippen LogP contribution < -0.4 is 0 Å². The molecule has 5 nitrogen and oxygen atoms in total. The maximum Gasteiger partial charge on any atom is 0.266 e. The monoisotopic (exact) mass is 486 g/mol. The van der Waals surface area contributed by atoms with Crippen LogP contribution in [0.1, 0.15) is 12.7 Å². The highest BCUT2D eigenvalue weighted by Crippen LogP contribution is 2.37. The Balaban J connectivity index is 1.62. The summed E-state index contributed by atoms with van der Waals surface area (Å²) in [4.78, 5) is 19.9. The number of ether oxygens (including phenoxy) is 1. The molecule has 1 amide bonds. The molecule has 0 N–H and O–H groups in total. The van der Waals surface area contributed by atoms with Crippen molar-refractivity contribution in [1.29, 1.82) is 0 Å². The van der Waals surface area contributed by atoms with E-state index in [9.17, 15) is 4.79 Å². The first-order chi connectivity index (χ1) is 15.6. The lowest BCUT2D eigenvalue weighted by atomic mass is 10.2. The van der Waals surface area contributed by atoms with E-state index in [1.807, 2.05) is 49.4 Å². The Morgan fingerprint density at radius 3 is 2.69 bits per heavy atom. The van der Waals surface area contributed by atoms with Gasteiger partial charge < -0.3 is 9.15 Å². The highest BCUT2D eigenvalue weighted by atomic mass is 35.5. The molecule has 3 aromatic rings. The smallest absolute Gasteiger partial charge is 0.266 e. The van der Waals surface area contributed by atoms with Gasteiger partial charge in [-0.05, 0) is 55.1 Å². The molecule has 1 aliphatic rings. The summed E-state index contributed by atoms with van der Waals surface area (Å²) in [6.45, 7) is 3.36. The van der Waals surface area contributed by atoms with Crippen molar-refractivity contribution in [2.45, 2.75) is 6.92 Å². The number of thioether (sulfide) groups is 1. The summed E-state index contributed by atoms with van der Waals surface area (Å²) in [5.41, 5.74) is 1.47. The van der Waals surface area contributed by atoms with E-state index in [2.05, 4.69) is 4.99 Å². The van der Waals surface area contributed by atoms with Gasteiger partial charge in [0.15, 0.2) is 5.17 Å². The highest BCUT2D eigenvalue weighted by molar-refractivity contribution is 8.18. The molecule has 0 bridgehead atoms. The van der Waals surface area contributed by atoms with Crippen molar-refractivity contribution < 1.29 is 13.9 Å². The number of nitrogens with zero attached hydrogens (tertiary/aromatic N) is 2. The average molecular weight is 487 g/mol. The molecule has 0 unspecified atom stereocenters. The summed E-state index contributed by atoms with van der Waals surface area (Å²) >= 11 is 13.7. The third-order valence-corrected chi connectivity index (χ3v) is 6.48. The summed E-state index contributed by atoms with van der Waals surface area (Å²) < 4.78 is 11.4. The van der Waals surface area contributed by atoms with Gasteiger partial charge in [0.1, 0.15) is 11.5 Å². The molecule has 32 heavy (non-hydrogen) atoms. The average Bonchev–Trinajstić information content (AvgIpc) is 3.37. The Labute approximate surface area is 200 Å². The Kier molecular flexibility index (Phi) is 7.37. The van der Waals surface area contributed by atoms with Crippen molar-refractivity contribution >= 4 is 57.8 Å². The molecule has 1 fully saturated rings. The van der Waals surface area contributed by atoms with E-state index < -0.39 is 0 Å². The van der Waals surface area contributed by atoms with Gasteiger partial charge in [-0.2, -0.15) is 0 Å². The maximum absolute atomic E-state index is 13.1. The molecule has 4 rings (SSSR count). The molecule has 0 atom stereocenters. The zero-order valence-corrected chi connectivity index (χ0v) is 19.6. The Morgan fingerprint density at radius 2 is 1.91 bits per heavy atom. The van der Waals surface area contributed by atoms with E-state index in [1.54, 1.807) is 29.2 Å². The normalized spacial score (nSPS) is 16.5. The molecule has 1 aliphatic heterocycles. The SMILES string of the molecule is CCOCCN1C(=O)/C(=C\c2ccc(-c3cccc(Cl)c3Cl)o2)SC1=Nc1ccccc1. The number of amides is 1. The van der Waals surface area contributed by atoms with E-state index in [1.165, 1.54) is 11.8 Å². The van der Waals surface area contributed by atoms with E-state index in [4.69, 9.17) is 32.4 Å². The summed E-state index contributed by atoms with van der Waals surface area (Å²) in [6, 6.07) is 18.5.